The van der Waals surface area contributed by atoms with Gasteiger partial charge in [0.15, 0.2) is 0 Å². The fraction of sp³-hybridized carbons (Fsp3) is 0.467. The number of hydrogen-bond donors (Lipinski definition) is 0. The lowest BCUT2D eigenvalue weighted by molar-refractivity contribution is -0.148. The SMILES string of the molecule is CC(Cc1cccc(F)c1)C(=O)OCCCCC#N. The normalized spacial score (nSPS) is 11.6. The molecule has 0 amide bonds. The molecule has 0 saturated heterocycles. The van der Waals surface area contributed by atoms with Crippen molar-refractivity contribution in [3.05, 3.63) is 35.6 Å². The molecule has 0 aliphatic heterocycles. The zero-order valence-corrected chi connectivity index (χ0v) is 11.1. The summed E-state index contributed by atoms with van der Waals surface area (Å²) < 4.78 is 18.1. The van der Waals surface area contributed by atoms with Gasteiger partial charge >= 0.3 is 5.97 Å². The maximum Gasteiger partial charge on any atom is 0.308 e. The molecule has 0 bridgehead atoms. The van der Waals surface area contributed by atoms with E-state index in [4.69, 9.17) is 10.00 Å². The number of halogens is 1. The number of nitriles is 1. The summed E-state index contributed by atoms with van der Waals surface area (Å²) in [4.78, 5) is 11.7. The zero-order chi connectivity index (χ0) is 14.1. The van der Waals surface area contributed by atoms with Crippen LogP contribution in [0.5, 0.6) is 0 Å². The van der Waals surface area contributed by atoms with E-state index >= 15 is 0 Å². The van der Waals surface area contributed by atoms with Crippen molar-refractivity contribution in [2.24, 2.45) is 5.92 Å². The Kier molecular flexibility index (Phi) is 6.59. The lowest BCUT2D eigenvalue weighted by Crippen LogP contribution is -2.17. The smallest absolute Gasteiger partial charge is 0.308 e. The lowest BCUT2D eigenvalue weighted by Gasteiger charge is -2.11. The number of nitrogens with zero attached hydrogens (tertiary/aromatic N) is 1. The number of esters is 1. The summed E-state index contributed by atoms with van der Waals surface area (Å²) >= 11 is 0. The maximum absolute atomic E-state index is 13.0. The standard InChI is InChI=1S/C15H18FNO2/c1-12(10-13-6-5-7-14(16)11-13)15(18)19-9-4-2-3-8-17/h5-7,11-12H,2-4,9-10H2,1H3. The van der Waals surface area contributed by atoms with E-state index in [1.165, 1.54) is 12.1 Å². The third-order valence-electron chi connectivity index (χ3n) is 2.76. The molecule has 0 aliphatic carbocycles. The third kappa shape index (κ3) is 6.01. The number of carbonyl (C=O) groups excluding carboxylic acids is 1. The zero-order valence-electron chi connectivity index (χ0n) is 11.1. The van der Waals surface area contributed by atoms with E-state index in [0.717, 1.165) is 12.0 Å². The third-order valence-corrected chi connectivity index (χ3v) is 2.76. The molecule has 1 unspecified atom stereocenters. The summed E-state index contributed by atoms with van der Waals surface area (Å²) in [7, 11) is 0. The predicted octanol–water partition coefficient (Wildman–Crippen LogP) is 3.24. The molecule has 0 aromatic heterocycles. The van der Waals surface area contributed by atoms with Crippen LogP contribution in [0.4, 0.5) is 4.39 Å². The topological polar surface area (TPSA) is 50.1 Å². The molecule has 0 N–H and O–H groups in total. The lowest BCUT2D eigenvalue weighted by atomic mass is 10.0. The molecule has 0 radical (unpaired) electrons. The molecule has 1 atom stereocenters. The van der Waals surface area contributed by atoms with Crippen LogP contribution >= 0.6 is 0 Å². The monoisotopic (exact) mass is 263 g/mol. The highest BCUT2D eigenvalue weighted by atomic mass is 19.1. The average molecular weight is 263 g/mol. The van der Waals surface area contributed by atoms with Crippen LogP contribution < -0.4 is 0 Å². The fourth-order valence-electron chi connectivity index (χ4n) is 1.72. The van der Waals surface area contributed by atoms with E-state index in [1.54, 1.807) is 19.1 Å². The van der Waals surface area contributed by atoms with Crippen LogP contribution in [0, 0.1) is 23.1 Å². The maximum atomic E-state index is 13.0. The van der Waals surface area contributed by atoms with Crippen molar-refractivity contribution in [2.75, 3.05) is 6.61 Å². The van der Waals surface area contributed by atoms with Crippen LogP contribution in [-0.4, -0.2) is 12.6 Å². The highest BCUT2D eigenvalue weighted by molar-refractivity contribution is 5.72. The molecule has 3 nitrogen and oxygen atoms in total. The van der Waals surface area contributed by atoms with Crippen LogP contribution in [-0.2, 0) is 16.0 Å². The Morgan fingerprint density at radius 1 is 1.47 bits per heavy atom. The Morgan fingerprint density at radius 2 is 2.26 bits per heavy atom. The number of benzene rings is 1. The second-order valence-corrected chi connectivity index (χ2v) is 4.52. The summed E-state index contributed by atoms with van der Waals surface area (Å²) in [6.07, 6.45) is 2.39. The molecular formula is C15H18FNO2. The minimum absolute atomic E-state index is 0.277. The first-order valence-electron chi connectivity index (χ1n) is 6.41. The summed E-state index contributed by atoms with van der Waals surface area (Å²) in [5.74, 6) is -0.867. The highest BCUT2D eigenvalue weighted by Crippen LogP contribution is 2.12. The molecule has 0 heterocycles. The van der Waals surface area contributed by atoms with Crippen LogP contribution in [0.25, 0.3) is 0 Å². The van der Waals surface area contributed by atoms with Gasteiger partial charge in [-0.2, -0.15) is 5.26 Å². The van der Waals surface area contributed by atoms with Gasteiger partial charge in [0.25, 0.3) is 0 Å². The second-order valence-electron chi connectivity index (χ2n) is 4.52. The summed E-state index contributed by atoms with van der Waals surface area (Å²) in [6, 6.07) is 8.27. The molecule has 102 valence electrons. The van der Waals surface area contributed by atoms with Crippen molar-refractivity contribution in [3.8, 4) is 6.07 Å². The van der Waals surface area contributed by atoms with E-state index in [2.05, 4.69) is 0 Å². The number of ether oxygens (including phenoxy) is 1. The van der Waals surface area contributed by atoms with Gasteiger partial charge in [0.2, 0.25) is 0 Å². The van der Waals surface area contributed by atoms with Gasteiger partial charge in [-0.25, -0.2) is 4.39 Å². The number of hydrogen-bond acceptors (Lipinski definition) is 3. The van der Waals surface area contributed by atoms with E-state index < -0.39 is 0 Å². The molecule has 0 aliphatic rings. The van der Waals surface area contributed by atoms with Gasteiger partial charge in [-0.3, -0.25) is 4.79 Å². The van der Waals surface area contributed by atoms with Gasteiger partial charge in [0.05, 0.1) is 18.6 Å². The van der Waals surface area contributed by atoms with Gasteiger partial charge in [0, 0.05) is 6.42 Å². The first-order valence-corrected chi connectivity index (χ1v) is 6.41. The number of rotatable bonds is 7. The van der Waals surface area contributed by atoms with Gasteiger partial charge in [0.1, 0.15) is 5.82 Å². The summed E-state index contributed by atoms with van der Waals surface area (Å²) in [5.41, 5.74) is 0.786. The predicted molar refractivity (Wildman–Crippen MR) is 69.7 cm³/mol. The molecule has 4 heteroatoms. The second kappa shape index (κ2) is 8.25. The molecule has 19 heavy (non-hydrogen) atoms. The molecule has 0 saturated carbocycles. The molecule has 0 spiro atoms. The quantitative estimate of drug-likeness (QED) is 0.560. The van der Waals surface area contributed by atoms with Gasteiger partial charge in [-0.15, -0.1) is 0 Å². The van der Waals surface area contributed by atoms with Crippen molar-refractivity contribution in [1.82, 2.24) is 0 Å². The van der Waals surface area contributed by atoms with Crippen LogP contribution in [0.3, 0.4) is 0 Å². The van der Waals surface area contributed by atoms with E-state index in [0.29, 0.717) is 25.9 Å². The Hall–Kier alpha value is -1.89. The van der Waals surface area contributed by atoms with Gasteiger partial charge in [-0.1, -0.05) is 19.1 Å². The van der Waals surface area contributed by atoms with Crippen molar-refractivity contribution < 1.29 is 13.9 Å². The van der Waals surface area contributed by atoms with Crippen LogP contribution in [0.1, 0.15) is 31.7 Å². The highest BCUT2D eigenvalue weighted by Gasteiger charge is 2.15. The molecule has 1 aromatic rings. The molecule has 1 rings (SSSR count). The Bertz CT molecular complexity index is 454. The Morgan fingerprint density at radius 3 is 2.95 bits per heavy atom. The molecular weight excluding hydrogens is 245 g/mol. The van der Waals surface area contributed by atoms with E-state index in [1.807, 2.05) is 6.07 Å². The number of carbonyl (C=O) groups is 1. The van der Waals surface area contributed by atoms with Crippen LogP contribution in [0.2, 0.25) is 0 Å². The largest absolute Gasteiger partial charge is 0.465 e. The molecule has 1 aromatic carbocycles. The summed E-state index contributed by atoms with van der Waals surface area (Å²) in [5, 5.41) is 8.36. The van der Waals surface area contributed by atoms with Gasteiger partial charge < -0.3 is 4.74 Å². The fourth-order valence-corrected chi connectivity index (χ4v) is 1.72. The Labute approximate surface area is 113 Å². The number of unbranched alkanes of at least 4 members (excludes halogenated alkanes) is 2. The van der Waals surface area contributed by atoms with Crippen LogP contribution in [0.15, 0.2) is 24.3 Å². The van der Waals surface area contributed by atoms with Crippen molar-refractivity contribution in [3.63, 3.8) is 0 Å². The van der Waals surface area contributed by atoms with Crippen molar-refractivity contribution >= 4 is 5.97 Å². The first kappa shape index (κ1) is 15.2. The minimum Gasteiger partial charge on any atom is -0.465 e. The van der Waals surface area contributed by atoms with Crippen molar-refractivity contribution in [2.45, 2.75) is 32.6 Å². The first-order chi connectivity index (χ1) is 9.13. The molecule has 0 fully saturated rings. The summed E-state index contributed by atoms with van der Waals surface area (Å²) in [6.45, 7) is 2.11. The Balaban J connectivity index is 2.31. The van der Waals surface area contributed by atoms with Gasteiger partial charge in [-0.05, 0) is 37.0 Å². The average Bonchev–Trinajstić information content (AvgIpc) is 2.38. The van der Waals surface area contributed by atoms with E-state index in [-0.39, 0.29) is 17.7 Å². The van der Waals surface area contributed by atoms with E-state index in [9.17, 15) is 9.18 Å². The minimum atomic E-state index is -0.297. The van der Waals surface area contributed by atoms with Crippen molar-refractivity contribution in [1.29, 1.82) is 5.26 Å².